The number of rotatable bonds is 4. The Bertz CT molecular complexity index is 350. The van der Waals surface area contributed by atoms with E-state index in [1.165, 1.54) is 0 Å². The Morgan fingerprint density at radius 1 is 0.826 bits per heavy atom. The molecule has 0 aromatic carbocycles. The van der Waals surface area contributed by atoms with Crippen LogP contribution in [0.2, 0.25) is 0 Å². The van der Waals surface area contributed by atoms with E-state index in [0.717, 1.165) is 12.8 Å². The minimum absolute atomic E-state index is 0. The predicted octanol–water partition coefficient (Wildman–Crippen LogP) is 1.46. The van der Waals surface area contributed by atoms with Crippen LogP contribution in [-0.4, -0.2) is 30.7 Å². The summed E-state index contributed by atoms with van der Waals surface area (Å²) >= 11 is 0. The minimum atomic E-state index is -0.193. The maximum absolute atomic E-state index is 6.41. The van der Waals surface area contributed by atoms with Crippen LogP contribution in [0.1, 0.15) is 61.3 Å². The molecule has 0 N–H and O–H groups in total. The van der Waals surface area contributed by atoms with Gasteiger partial charge in [-0.15, -0.1) is 0 Å². The molecule has 0 spiro atoms. The summed E-state index contributed by atoms with van der Waals surface area (Å²) in [5.74, 6) is 2.08. The summed E-state index contributed by atoms with van der Waals surface area (Å²) in [7, 11) is 0. The molecule has 4 unspecified atom stereocenters. The average molecular weight is 397 g/mol. The zero-order valence-corrected chi connectivity index (χ0v) is 21.3. The van der Waals surface area contributed by atoms with Crippen molar-refractivity contribution in [2.75, 3.05) is 0 Å². The van der Waals surface area contributed by atoms with Gasteiger partial charge in [0.05, 0.1) is 24.4 Å². The Morgan fingerprint density at radius 2 is 1.43 bits per heavy atom. The fourth-order valence-corrected chi connectivity index (χ4v) is 3.89. The second-order valence-corrected chi connectivity index (χ2v) is 7.47. The van der Waals surface area contributed by atoms with E-state index in [-0.39, 0.29) is 76.7 Å². The van der Waals surface area contributed by atoms with E-state index >= 15 is 0 Å². The van der Waals surface area contributed by atoms with Crippen LogP contribution in [-0.2, 0) is 14.2 Å². The van der Waals surface area contributed by atoms with Crippen molar-refractivity contribution in [1.82, 2.24) is 0 Å². The van der Waals surface area contributed by atoms with Crippen molar-refractivity contribution in [3.8, 4) is 0 Å². The Labute approximate surface area is 192 Å². The van der Waals surface area contributed by atoms with Gasteiger partial charge in [0.2, 0.25) is 0 Å². The zero-order chi connectivity index (χ0) is 16.4. The van der Waals surface area contributed by atoms with Crippen molar-refractivity contribution in [3.63, 3.8) is 0 Å². The normalized spacial score (nSPS) is 47.9. The zero-order valence-electron chi connectivity index (χ0n) is 16.4. The van der Waals surface area contributed by atoms with Crippen molar-refractivity contribution >= 4 is 0 Å². The molecule has 3 nitrogen and oxygen atoms in total. The van der Waals surface area contributed by atoms with Crippen molar-refractivity contribution in [2.45, 2.75) is 92.0 Å². The molecule has 0 radical (unpaired) electrons. The fraction of sp³-hybridized carbons (Fsp3) is 0.947. The third-order valence-electron chi connectivity index (χ3n) is 6.13. The van der Waals surface area contributed by atoms with Crippen LogP contribution in [0.4, 0.5) is 0 Å². The number of hydrogen-bond donors (Lipinski definition) is 0. The monoisotopic (exact) mass is 396 g/mol. The smallest absolute Gasteiger partial charge is 0.380 e. The van der Waals surface area contributed by atoms with Crippen LogP contribution >= 0.6 is 0 Å². The van der Waals surface area contributed by atoms with Crippen LogP contribution in [0.5, 0.6) is 0 Å². The number of ether oxygens (including phenoxy) is 3. The quantitative estimate of drug-likeness (QED) is 0.673. The molecule has 0 aliphatic carbocycles. The molecule has 0 aromatic heterocycles. The summed E-state index contributed by atoms with van der Waals surface area (Å²) in [6.07, 6.45) is 4.96. The van der Waals surface area contributed by atoms with Crippen LogP contribution in [0.25, 0.3) is 0 Å². The van der Waals surface area contributed by atoms with Crippen molar-refractivity contribution in [1.29, 1.82) is 0 Å². The van der Waals surface area contributed by atoms with Crippen LogP contribution in [0, 0.1) is 30.1 Å². The third-order valence-corrected chi connectivity index (χ3v) is 6.13. The molecular weight excluding hydrogens is 362 g/mol. The first-order chi connectivity index (χ1) is 10.4. The van der Waals surface area contributed by atoms with E-state index in [0.29, 0.717) is 35.9 Å². The summed E-state index contributed by atoms with van der Waals surface area (Å²) in [5, 5.41) is 0. The van der Waals surface area contributed by atoms with Crippen LogP contribution in [0.15, 0.2) is 0 Å². The summed E-state index contributed by atoms with van der Waals surface area (Å²) in [4.78, 5) is 0. The first-order valence-corrected chi connectivity index (χ1v) is 9.20. The molecule has 2 rings (SSSR count). The Morgan fingerprint density at radius 3 is 2.00 bits per heavy atom. The first kappa shape index (κ1) is 22.7. The summed E-state index contributed by atoms with van der Waals surface area (Å²) < 4.78 is 18.8. The summed E-state index contributed by atoms with van der Waals surface area (Å²) in [6.45, 7) is 15.7. The topological polar surface area (TPSA) is 27.7 Å². The van der Waals surface area contributed by atoms with Gasteiger partial charge in [0.25, 0.3) is 0 Å². The van der Waals surface area contributed by atoms with Gasteiger partial charge in [-0.05, 0) is 37.5 Å². The molecule has 0 amide bonds. The average Bonchev–Trinajstić information content (AvgIpc) is 2.50. The van der Waals surface area contributed by atoms with Gasteiger partial charge in [0.15, 0.2) is 0 Å². The van der Waals surface area contributed by atoms with Crippen LogP contribution < -0.4 is 58.2 Å². The fourth-order valence-electron chi connectivity index (χ4n) is 3.89. The third kappa shape index (κ3) is 5.34. The maximum Gasteiger partial charge on any atom is 1.00 e. The van der Waals surface area contributed by atoms with Gasteiger partial charge >= 0.3 is 58.2 Å². The minimum Gasteiger partial charge on any atom is -0.380 e. The Kier molecular flexibility index (Phi) is 10.0. The molecule has 9 atom stereocenters. The van der Waals surface area contributed by atoms with Gasteiger partial charge in [-0.1, -0.05) is 41.5 Å². The molecule has 2 fully saturated rings. The molecule has 2 saturated heterocycles. The molecule has 4 heteroatoms. The van der Waals surface area contributed by atoms with Gasteiger partial charge in [0.1, 0.15) is 0 Å². The Hall–Kier alpha value is 1.69. The molecule has 23 heavy (non-hydrogen) atoms. The molecule has 130 valence electrons. The molecule has 2 heterocycles. The van der Waals surface area contributed by atoms with E-state index < -0.39 is 0 Å². The van der Waals surface area contributed by atoms with Gasteiger partial charge in [0, 0.05) is 6.29 Å². The van der Waals surface area contributed by atoms with E-state index in [4.69, 9.17) is 14.2 Å². The van der Waals surface area contributed by atoms with E-state index in [1.807, 2.05) is 0 Å². The van der Waals surface area contributed by atoms with E-state index in [9.17, 15) is 0 Å². The van der Waals surface area contributed by atoms with Gasteiger partial charge in [-0.2, -0.15) is 5.92 Å². The Balaban J connectivity index is 0.00000264. The van der Waals surface area contributed by atoms with E-state index in [1.54, 1.807) is 0 Å². The molecule has 0 bridgehead atoms. The standard InChI is InChI=1S/C19H35O3.Rb/c1-8-16-12(4)11(3)10-18(21-16)22-19-14(6)13(5)15(7)20-17(19)9-2;/h10-19H,8-9H2,1-7H3;/q-1;+1/t11-,12+,13?,14-,15?,16?,17?,18-,19+;/m1./s1. The van der Waals surface area contributed by atoms with Gasteiger partial charge in [-0.3, -0.25) is 6.42 Å². The van der Waals surface area contributed by atoms with Crippen molar-refractivity contribution in [2.24, 2.45) is 23.7 Å². The van der Waals surface area contributed by atoms with Gasteiger partial charge in [-0.25, -0.2) is 0 Å². The van der Waals surface area contributed by atoms with Gasteiger partial charge < -0.3 is 14.2 Å². The second kappa shape index (κ2) is 10.1. The molecule has 2 aliphatic heterocycles. The molecule has 0 aromatic rings. The molecular formula is C19H35O3Rb. The van der Waals surface area contributed by atoms with E-state index in [2.05, 4.69) is 54.9 Å². The SMILES string of the molecule is CCC1O[C@H](O[C@@H]2C(CC)OC(C)C(C)[C@H]2C)[CH-][C@@H](C)[C@@H]1C.[Rb+]. The first-order valence-electron chi connectivity index (χ1n) is 9.20. The largest absolute Gasteiger partial charge is 1.00 e. The van der Waals surface area contributed by atoms with Crippen molar-refractivity contribution in [3.05, 3.63) is 6.42 Å². The summed E-state index contributed by atoms with van der Waals surface area (Å²) in [5.41, 5.74) is 0. The number of hydrogen-bond acceptors (Lipinski definition) is 3. The maximum atomic E-state index is 6.41. The summed E-state index contributed by atoms with van der Waals surface area (Å²) in [6, 6.07) is 0. The van der Waals surface area contributed by atoms with Crippen LogP contribution in [0.3, 0.4) is 0 Å². The second-order valence-electron chi connectivity index (χ2n) is 7.47. The predicted molar refractivity (Wildman–Crippen MR) is 89.4 cm³/mol. The molecule has 2 aliphatic rings. The molecule has 0 saturated carbocycles. The van der Waals surface area contributed by atoms with Crippen molar-refractivity contribution < 1.29 is 72.4 Å².